The summed E-state index contributed by atoms with van der Waals surface area (Å²) in [6, 6.07) is 10.3. The van der Waals surface area contributed by atoms with Gasteiger partial charge in [-0.15, -0.1) is 0 Å². The summed E-state index contributed by atoms with van der Waals surface area (Å²) < 4.78 is 2.01. The van der Waals surface area contributed by atoms with Crippen molar-refractivity contribution in [2.75, 3.05) is 25.5 Å². The summed E-state index contributed by atoms with van der Waals surface area (Å²) in [5, 5.41) is 8.38. The first-order valence-electron chi connectivity index (χ1n) is 11.1. The molecule has 158 valence electrons. The fraction of sp³-hybridized carbons (Fsp3) is 0.542. The summed E-state index contributed by atoms with van der Waals surface area (Å²) in [7, 11) is 2.24. The molecule has 0 spiro atoms. The first-order chi connectivity index (χ1) is 14.1. The standard InChI is InChI=1S/C24H37N5/c1-4-5-16-23(25)26-24-19(2)22(27-29(24)21-13-7-6-8-14-21)15-9-11-20-12-10-17-28(3)18-20/h6-8,13-14,16,20,26H,4-5,9-12,15,17-18,25H2,1-3H3. The normalized spacial score (nSPS) is 18.2. The van der Waals surface area contributed by atoms with Crippen molar-refractivity contribution in [3.8, 4) is 5.69 Å². The van der Waals surface area contributed by atoms with Gasteiger partial charge in [0.15, 0.2) is 0 Å². The molecule has 3 rings (SSSR count). The Labute approximate surface area is 176 Å². The molecule has 0 amide bonds. The third-order valence-electron chi connectivity index (χ3n) is 5.89. The van der Waals surface area contributed by atoms with E-state index in [-0.39, 0.29) is 0 Å². The number of anilines is 1. The van der Waals surface area contributed by atoms with E-state index in [1.54, 1.807) is 0 Å². The molecule has 0 bridgehead atoms. The van der Waals surface area contributed by atoms with E-state index in [4.69, 9.17) is 10.8 Å². The van der Waals surface area contributed by atoms with E-state index >= 15 is 0 Å². The fourth-order valence-corrected chi connectivity index (χ4v) is 4.24. The van der Waals surface area contributed by atoms with E-state index in [0.29, 0.717) is 5.82 Å². The highest BCUT2D eigenvalue weighted by Crippen LogP contribution is 2.27. The van der Waals surface area contributed by atoms with Gasteiger partial charge in [0, 0.05) is 12.1 Å². The molecule has 1 fully saturated rings. The average Bonchev–Trinajstić information content (AvgIpc) is 3.03. The molecule has 1 aromatic carbocycles. The number of allylic oxidation sites excluding steroid dienone is 1. The van der Waals surface area contributed by atoms with Crippen LogP contribution in [0.25, 0.3) is 5.69 Å². The largest absolute Gasteiger partial charge is 0.385 e. The summed E-state index contributed by atoms with van der Waals surface area (Å²) in [5.74, 6) is 2.51. The Hall–Kier alpha value is -2.27. The third-order valence-corrected chi connectivity index (χ3v) is 5.89. The molecule has 2 aromatic rings. The summed E-state index contributed by atoms with van der Waals surface area (Å²) in [6.45, 7) is 6.80. The van der Waals surface area contributed by atoms with Crippen LogP contribution in [-0.2, 0) is 6.42 Å². The van der Waals surface area contributed by atoms with Crippen LogP contribution in [0.15, 0.2) is 42.2 Å². The lowest BCUT2D eigenvalue weighted by Crippen LogP contribution is -2.32. The summed E-state index contributed by atoms with van der Waals surface area (Å²) in [6.07, 6.45) is 10.3. The van der Waals surface area contributed by atoms with Crippen molar-refractivity contribution in [1.82, 2.24) is 14.7 Å². The van der Waals surface area contributed by atoms with Crippen LogP contribution in [0.5, 0.6) is 0 Å². The van der Waals surface area contributed by atoms with E-state index in [9.17, 15) is 0 Å². The maximum Gasteiger partial charge on any atom is 0.138 e. The second-order valence-corrected chi connectivity index (χ2v) is 8.40. The number of unbranched alkanes of at least 4 members (excludes halogenated alkanes) is 1. The highest BCUT2D eigenvalue weighted by molar-refractivity contribution is 5.55. The van der Waals surface area contributed by atoms with Gasteiger partial charge in [0.1, 0.15) is 5.82 Å². The molecule has 1 aromatic heterocycles. The van der Waals surface area contributed by atoms with Crippen molar-refractivity contribution in [3.63, 3.8) is 0 Å². The van der Waals surface area contributed by atoms with Gasteiger partial charge in [-0.3, -0.25) is 0 Å². The maximum absolute atomic E-state index is 6.23. The molecule has 29 heavy (non-hydrogen) atoms. The number of likely N-dealkylation sites (tertiary alicyclic amines) is 1. The number of benzene rings is 1. The van der Waals surface area contributed by atoms with Gasteiger partial charge in [0.05, 0.1) is 17.2 Å². The van der Waals surface area contributed by atoms with Crippen LogP contribution in [0.3, 0.4) is 0 Å². The quantitative estimate of drug-likeness (QED) is 0.637. The van der Waals surface area contributed by atoms with Crippen LogP contribution in [0, 0.1) is 12.8 Å². The molecule has 0 saturated carbocycles. The second-order valence-electron chi connectivity index (χ2n) is 8.40. The number of hydrogen-bond acceptors (Lipinski definition) is 4. The molecule has 1 unspecified atom stereocenters. The summed E-state index contributed by atoms with van der Waals surface area (Å²) in [5.41, 5.74) is 9.66. The minimum atomic E-state index is 0.698. The first-order valence-corrected chi connectivity index (χ1v) is 11.1. The minimum Gasteiger partial charge on any atom is -0.385 e. The van der Waals surface area contributed by atoms with Crippen molar-refractivity contribution < 1.29 is 0 Å². The van der Waals surface area contributed by atoms with Gasteiger partial charge >= 0.3 is 0 Å². The predicted molar refractivity (Wildman–Crippen MR) is 122 cm³/mol. The Kier molecular flexibility index (Phi) is 7.76. The summed E-state index contributed by atoms with van der Waals surface area (Å²) >= 11 is 0. The van der Waals surface area contributed by atoms with Crippen molar-refractivity contribution in [3.05, 3.63) is 53.5 Å². The Bertz CT molecular complexity index is 793. The highest BCUT2D eigenvalue weighted by atomic mass is 15.3. The number of nitrogens with zero attached hydrogens (tertiary/aromatic N) is 3. The Balaban J connectivity index is 1.75. The van der Waals surface area contributed by atoms with Gasteiger partial charge < -0.3 is 16.0 Å². The zero-order valence-electron chi connectivity index (χ0n) is 18.3. The van der Waals surface area contributed by atoms with Gasteiger partial charge in [-0.1, -0.05) is 31.5 Å². The fourth-order valence-electron chi connectivity index (χ4n) is 4.24. The Morgan fingerprint density at radius 1 is 1.31 bits per heavy atom. The molecule has 1 aliphatic rings. The van der Waals surface area contributed by atoms with E-state index < -0.39 is 0 Å². The number of rotatable bonds is 9. The van der Waals surface area contributed by atoms with E-state index in [1.807, 2.05) is 22.9 Å². The van der Waals surface area contributed by atoms with Crippen LogP contribution < -0.4 is 11.1 Å². The Morgan fingerprint density at radius 2 is 2.10 bits per heavy atom. The number of aromatic nitrogens is 2. The van der Waals surface area contributed by atoms with Crippen LogP contribution >= 0.6 is 0 Å². The van der Waals surface area contributed by atoms with Crippen LogP contribution in [-0.4, -0.2) is 34.8 Å². The molecule has 3 N–H and O–H groups in total. The van der Waals surface area contributed by atoms with Gasteiger partial charge in [0.25, 0.3) is 0 Å². The van der Waals surface area contributed by atoms with Gasteiger partial charge in [-0.25, -0.2) is 4.68 Å². The lowest BCUT2D eigenvalue weighted by molar-refractivity contribution is 0.200. The number of aryl methyl sites for hydroxylation is 1. The lowest BCUT2D eigenvalue weighted by atomic mass is 9.92. The average molecular weight is 396 g/mol. The first kappa shape index (κ1) is 21.4. The molecular weight excluding hydrogens is 358 g/mol. The number of para-hydroxylation sites is 1. The minimum absolute atomic E-state index is 0.698. The SMILES string of the molecule is CCCC=C(N)Nc1c(C)c(CCCC2CCCN(C)C2)nn1-c1ccccc1. The topological polar surface area (TPSA) is 59.1 Å². The highest BCUT2D eigenvalue weighted by Gasteiger charge is 2.19. The second kappa shape index (κ2) is 10.5. The number of piperidine rings is 1. The number of nitrogens with two attached hydrogens (primary N) is 1. The van der Waals surface area contributed by atoms with E-state index in [2.05, 4.69) is 49.3 Å². The van der Waals surface area contributed by atoms with Crippen molar-refractivity contribution in [2.45, 2.75) is 58.8 Å². The molecule has 0 aliphatic carbocycles. The molecule has 1 atom stereocenters. The molecule has 1 saturated heterocycles. The number of hydrogen-bond donors (Lipinski definition) is 2. The van der Waals surface area contributed by atoms with Crippen molar-refractivity contribution in [1.29, 1.82) is 0 Å². The Morgan fingerprint density at radius 3 is 2.83 bits per heavy atom. The van der Waals surface area contributed by atoms with Crippen LogP contribution in [0.4, 0.5) is 5.82 Å². The van der Waals surface area contributed by atoms with Crippen LogP contribution in [0.1, 0.15) is 56.7 Å². The zero-order chi connectivity index (χ0) is 20.6. The monoisotopic (exact) mass is 395 g/mol. The smallest absolute Gasteiger partial charge is 0.138 e. The maximum atomic E-state index is 6.23. The van der Waals surface area contributed by atoms with E-state index in [1.165, 1.54) is 50.0 Å². The van der Waals surface area contributed by atoms with Crippen molar-refractivity contribution in [2.24, 2.45) is 11.7 Å². The van der Waals surface area contributed by atoms with E-state index in [0.717, 1.165) is 36.7 Å². The van der Waals surface area contributed by atoms with Gasteiger partial charge in [0.2, 0.25) is 0 Å². The summed E-state index contributed by atoms with van der Waals surface area (Å²) in [4.78, 5) is 2.47. The molecular formula is C24H37N5. The molecule has 2 heterocycles. The zero-order valence-corrected chi connectivity index (χ0v) is 18.3. The van der Waals surface area contributed by atoms with Crippen molar-refractivity contribution >= 4 is 5.82 Å². The van der Waals surface area contributed by atoms with Gasteiger partial charge in [-0.05, 0) is 83.2 Å². The van der Waals surface area contributed by atoms with Gasteiger partial charge in [-0.2, -0.15) is 5.10 Å². The molecule has 5 nitrogen and oxygen atoms in total. The molecule has 0 radical (unpaired) electrons. The molecule has 1 aliphatic heterocycles. The third kappa shape index (κ3) is 5.86. The number of nitrogens with one attached hydrogen (secondary N) is 1. The van der Waals surface area contributed by atoms with Crippen LogP contribution in [0.2, 0.25) is 0 Å². The molecule has 5 heteroatoms. The predicted octanol–water partition coefficient (Wildman–Crippen LogP) is 4.86. The lowest BCUT2D eigenvalue weighted by Gasteiger charge is -2.29.